The van der Waals surface area contributed by atoms with Crippen LogP contribution in [-0.2, 0) is 49.8 Å². The second-order valence-corrected chi connectivity index (χ2v) is 32.1. The summed E-state index contributed by atoms with van der Waals surface area (Å²) in [6.07, 6.45) is 0. The molecule has 6 rings (SSSR count). The average molecular weight is 1580 g/mol. The Kier molecular flexibility index (Phi) is 46.0. The van der Waals surface area contributed by atoms with Crippen molar-refractivity contribution in [3.8, 4) is 35.1 Å². The zero-order valence-electron chi connectivity index (χ0n) is 60.4. The van der Waals surface area contributed by atoms with Gasteiger partial charge in [-0.2, -0.15) is 47.9 Å². The van der Waals surface area contributed by atoms with Crippen LogP contribution in [0.1, 0.15) is 175 Å². The minimum atomic E-state index is -6.00. The Morgan fingerprint density at radius 2 is 0.436 bits per heavy atom. The molecule has 0 fully saturated rings. The van der Waals surface area contributed by atoms with Crippen molar-refractivity contribution in [2.75, 3.05) is 105 Å². The molecule has 2 heterocycles. The number of ether oxygens (including phenoxy) is 2. The molecule has 12 nitrogen and oxygen atoms in total. The molecule has 0 unspecified atom stereocenters. The average Bonchev–Trinajstić information content (AvgIpc) is 0.736. The van der Waals surface area contributed by atoms with Crippen molar-refractivity contribution in [1.82, 2.24) is 37.4 Å². The van der Waals surface area contributed by atoms with Crippen LogP contribution >= 0.6 is 32.9 Å². The van der Waals surface area contributed by atoms with Crippen LogP contribution in [0.4, 0.5) is 34.5 Å². The topological polar surface area (TPSA) is 92.0 Å². The van der Waals surface area contributed by atoms with E-state index in [4.69, 9.17) is 20.0 Å². The van der Waals surface area contributed by atoms with E-state index in [1.165, 1.54) is 57.3 Å². The van der Waals surface area contributed by atoms with E-state index in [0.29, 0.717) is 0 Å². The van der Waals surface area contributed by atoms with Crippen LogP contribution in [0.2, 0.25) is 0 Å². The van der Waals surface area contributed by atoms with Crippen LogP contribution in [0, 0.1) is 22.7 Å². The third kappa shape index (κ3) is 25.7. The maximum Gasteiger partial charge on any atom is 0.673 e. The number of hydrogen-bond acceptors (Lipinski definition) is 12. The van der Waals surface area contributed by atoms with Crippen molar-refractivity contribution in [2.45, 2.75) is 163 Å². The number of halogens is 8. The van der Waals surface area contributed by atoms with E-state index in [-0.39, 0.29) is 49.8 Å². The van der Waals surface area contributed by atoms with Crippen molar-refractivity contribution >= 4 is 68.6 Å². The summed E-state index contributed by atoms with van der Waals surface area (Å²) in [4.78, 5) is 0. The zero-order chi connectivity index (χ0) is 70.5. The first-order valence-corrected chi connectivity index (χ1v) is 38.7. The van der Waals surface area contributed by atoms with Crippen LogP contribution in [0.15, 0.2) is 72.8 Å². The smallest absolute Gasteiger partial charge is 0.448 e. The Labute approximate surface area is 593 Å². The number of hydrogen-bond donors (Lipinski definition) is 0. The molecule has 94 heavy (non-hydrogen) atoms. The van der Waals surface area contributed by atoms with Crippen molar-refractivity contribution in [3.63, 3.8) is 0 Å². The molecule has 2 radical (unpaired) electrons. The summed E-state index contributed by atoms with van der Waals surface area (Å²) in [6.45, 7) is 66.0. The molecule has 0 atom stereocenters. The maximum atomic E-state index is 9.75. The largest absolute Gasteiger partial charge is 0.673 e. The molecule has 0 saturated heterocycles. The van der Waals surface area contributed by atoms with Gasteiger partial charge in [-0.1, -0.05) is 76.2 Å². The summed E-state index contributed by atoms with van der Waals surface area (Å²) < 4.78 is 114. The van der Waals surface area contributed by atoms with E-state index >= 15 is 0 Å². The fourth-order valence-electron chi connectivity index (χ4n) is 12.1. The van der Waals surface area contributed by atoms with Crippen LogP contribution in [0.5, 0.6) is 23.0 Å². The minimum absolute atomic E-state index is 0. The monoisotopic (exact) mass is 1580 g/mol. The van der Waals surface area contributed by atoms with Gasteiger partial charge in [-0.15, -0.1) is 0 Å². The molecule has 0 N–H and O–H groups in total. The molecule has 0 saturated carbocycles. The van der Waals surface area contributed by atoms with Gasteiger partial charge >= 0.3 is 14.5 Å². The Hall–Kier alpha value is -2.32. The summed E-state index contributed by atoms with van der Waals surface area (Å²) in [6, 6.07) is 31.2. The van der Waals surface area contributed by atoms with Gasteiger partial charge in [-0.3, -0.25) is 0 Å². The van der Waals surface area contributed by atoms with Crippen molar-refractivity contribution in [2.24, 2.45) is 0 Å². The molecule has 0 amide bonds. The van der Waals surface area contributed by atoms with Crippen molar-refractivity contribution < 1.29 is 83.0 Å². The van der Waals surface area contributed by atoms with Gasteiger partial charge in [-0.25, -0.2) is 0 Å². The Morgan fingerprint density at radius 1 is 0.319 bits per heavy atom. The number of fused-ring (bicyclic) bond motifs is 4. The minimum Gasteiger partial charge on any atom is -0.448 e. The summed E-state index contributed by atoms with van der Waals surface area (Å²) in [5.41, 5.74) is 5.02. The van der Waals surface area contributed by atoms with Gasteiger partial charge in [0.05, 0.1) is 12.1 Å². The van der Waals surface area contributed by atoms with Gasteiger partial charge in [0, 0.05) is 191 Å². The van der Waals surface area contributed by atoms with Crippen molar-refractivity contribution in [3.05, 3.63) is 95.1 Å². The molecule has 0 spiro atoms. The molecule has 0 bridgehead atoms. The standard InChI is InChI=1S/2C31H52N4OP2.2C2H3N.2BF4.2Rh/c2*1-11-32(12-2)37(33(13-3)14-4)27-23-19-21-25-29(27)36-30-26(31(25,9)10)22-20-24-28(30)38(34(15-5)16-6)35(17-7)18-8;2*1-2-3;2*2-1(3,4)5;;/h2*19-24H,11-18H2,1-10H3;2*1H3;;;;/q;;;;2*-1;;/p+4. The zero-order valence-corrected chi connectivity index (χ0v) is 67.7. The Balaban J connectivity index is 0. The van der Waals surface area contributed by atoms with Crippen LogP contribution in [0.3, 0.4) is 0 Å². The van der Waals surface area contributed by atoms with E-state index in [0.717, 1.165) is 128 Å². The SMILES string of the molecule is CC#N.CC#N.CCN(CC)[PH+](c1cccc2c1Oc1c([PH+](N(CC)CC)N(CC)CC)cccc1C2(C)C)N(CC)CC.CCN(CC)[PH+](c1cccc2c1Oc1c([PH+](N(CC)CC)N(CC)CC)cccc1C2(C)C)N(CC)CC.F[B-](F)(F)F.F[B-](F)(F)F.[Rh].[Rh]. The number of benzene rings is 4. The first kappa shape index (κ1) is 93.7. The Morgan fingerprint density at radius 3 is 0.543 bits per heavy atom. The third-order valence-corrected chi connectivity index (χ3v) is 30.0. The van der Waals surface area contributed by atoms with Crippen LogP contribution in [0.25, 0.3) is 0 Å². The van der Waals surface area contributed by atoms with E-state index < -0.39 is 47.4 Å². The summed E-state index contributed by atoms with van der Waals surface area (Å²) in [7, 11) is -16.6. The summed E-state index contributed by atoms with van der Waals surface area (Å²) in [5.74, 6) is 4.47. The number of nitriles is 2. The fraction of sp³-hybridized carbons (Fsp3) is 0.606. The third-order valence-electron chi connectivity index (χ3n) is 16.6. The van der Waals surface area contributed by atoms with Gasteiger partial charge in [0.15, 0.2) is 77.1 Å². The molecular formula is C66H114B2F8N10O2P4Rh2+2. The van der Waals surface area contributed by atoms with Gasteiger partial charge < -0.3 is 44.0 Å². The molecule has 2 aliphatic heterocycles. The van der Waals surface area contributed by atoms with E-state index in [9.17, 15) is 34.5 Å². The molecule has 28 heteroatoms. The number of para-hydroxylation sites is 4. The second-order valence-electron chi connectivity index (χ2n) is 22.3. The molecular weight excluding hydrogens is 1470 g/mol. The molecule has 4 aromatic rings. The normalized spacial score (nSPS) is 13.3. The van der Waals surface area contributed by atoms with Crippen LogP contribution in [-0.4, -0.2) is 157 Å². The Bertz CT molecular complexity index is 2450. The molecule has 0 aromatic heterocycles. The van der Waals surface area contributed by atoms with Crippen LogP contribution < -0.4 is 30.7 Å². The quantitative estimate of drug-likeness (QED) is 0.0308. The van der Waals surface area contributed by atoms with Gasteiger partial charge in [0.2, 0.25) is 0 Å². The van der Waals surface area contributed by atoms with Gasteiger partial charge in [0.1, 0.15) is 0 Å². The number of rotatable bonds is 28. The predicted octanol–water partition coefficient (Wildman–Crippen LogP) is 17.3. The first-order chi connectivity index (χ1) is 43.4. The van der Waals surface area contributed by atoms with Gasteiger partial charge in [-0.05, 0) is 135 Å². The fourth-order valence-corrected chi connectivity index (χ4v) is 23.8. The maximum absolute atomic E-state index is 9.75. The van der Waals surface area contributed by atoms with Gasteiger partial charge in [0.25, 0.3) is 0 Å². The molecule has 2 aliphatic rings. The van der Waals surface area contributed by atoms with Crippen molar-refractivity contribution in [1.29, 1.82) is 10.5 Å². The van der Waals surface area contributed by atoms with E-state index in [1.807, 2.05) is 0 Å². The number of nitrogens with zero attached hydrogens (tertiary/aromatic N) is 10. The second kappa shape index (κ2) is 46.2. The van der Waals surface area contributed by atoms with E-state index in [1.54, 1.807) is 12.1 Å². The predicted molar refractivity (Wildman–Crippen MR) is 388 cm³/mol. The molecule has 0 aliphatic carbocycles. The summed E-state index contributed by atoms with van der Waals surface area (Å²) in [5, 5.41) is 20.2. The summed E-state index contributed by atoms with van der Waals surface area (Å²) >= 11 is 0. The molecule has 4 aromatic carbocycles. The van der Waals surface area contributed by atoms with E-state index in [2.05, 4.69) is 249 Å². The first-order valence-electron chi connectivity index (χ1n) is 33.1. The molecule has 538 valence electrons.